The number of ether oxygens (including phenoxy) is 1. The minimum Gasteiger partial charge on any atom is -0.392 e. The zero-order valence-corrected chi connectivity index (χ0v) is 14.0. The lowest BCUT2D eigenvalue weighted by Crippen LogP contribution is -2.43. The lowest BCUT2D eigenvalue weighted by Gasteiger charge is -2.34. The lowest BCUT2D eigenvalue weighted by molar-refractivity contribution is -0.155. The molecule has 7 heteroatoms. The Morgan fingerprint density at radius 1 is 1.19 bits per heavy atom. The second-order valence-corrected chi connectivity index (χ2v) is 8.90. The van der Waals surface area contributed by atoms with E-state index in [1.807, 2.05) is 0 Å². The fourth-order valence-corrected chi connectivity index (χ4v) is 5.39. The summed E-state index contributed by atoms with van der Waals surface area (Å²) in [5.74, 6) is -0.937. The molecule has 21 heavy (non-hydrogen) atoms. The molecular formula is C14H24O6Si. The first kappa shape index (κ1) is 16.6. The highest BCUT2D eigenvalue weighted by atomic mass is 28.4. The maximum absolute atomic E-state index is 12.2. The van der Waals surface area contributed by atoms with Crippen molar-refractivity contribution in [2.75, 3.05) is 21.3 Å². The molecule has 0 spiro atoms. The molecule has 0 aromatic heterocycles. The third kappa shape index (κ3) is 2.92. The Morgan fingerprint density at radius 3 is 2.48 bits per heavy atom. The Morgan fingerprint density at radius 2 is 1.86 bits per heavy atom. The van der Waals surface area contributed by atoms with E-state index in [1.165, 1.54) is 0 Å². The Balaban J connectivity index is 2.03. The molecule has 2 unspecified atom stereocenters. The highest BCUT2D eigenvalue weighted by molar-refractivity contribution is 6.60. The summed E-state index contributed by atoms with van der Waals surface area (Å²) in [4.78, 5) is 24.0. The summed E-state index contributed by atoms with van der Waals surface area (Å²) >= 11 is 0. The predicted octanol–water partition coefficient (Wildman–Crippen LogP) is 1.90. The summed E-state index contributed by atoms with van der Waals surface area (Å²) in [6.07, 6.45) is 4.81. The van der Waals surface area contributed by atoms with Gasteiger partial charge in [0.2, 0.25) is 0 Å². The molecule has 6 nitrogen and oxygen atoms in total. The second-order valence-electron chi connectivity index (χ2n) is 5.81. The molecule has 1 saturated carbocycles. The van der Waals surface area contributed by atoms with Crippen molar-refractivity contribution in [1.29, 1.82) is 0 Å². The van der Waals surface area contributed by atoms with Crippen LogP contribution in [0.1, 0.15) is 38.5 Å². The molecule has 0 bridgehead atoms. The number of hydrogen-bond acceptors (Lipinski definition) is 6. The molecule has 2 aliphatic rings. The van der Waals surface area contributed by atoms with Crippen molar-refractivity contribution >= 4 is 20.7 Å². The molecule has 1 heterocycles. The zero-order valence-electron chi connectivity index (χ0n) is 13.0. The van der Waals surface area contributed by atoms with E-state index in [1.54, 1.807) is 21.3 Å². The smallest absolute Gasteiger partial charge is 0.392 e. The van der Waals surface area contributed by atoms with E-state index >= 15 is 0 Å². The van der Waals surface area contributed by atoms with Gasteiger partial charge in [0.1, 0.15) is 0 Å². The van der Waals surface area contributed by atoms with Crippen molar-refractivity contribution < 1.29 is 27.6 Å². The monoisotopic (exact) mass is 316 g/mol. The fourth-order valence-electron chi connectivity index (χ4n) is 3.67. The Labute approximate surface area is 126 Å². The summed E-state index contributed by atoms with van der Waals surface area (Å²) in [5, 5.41) is 0. The lowest BCUT2D eigenvalue weighted by atomic mass is 9.65. The average molecular weight is 316 g/mol. The van der Waals surface area contributed by atoms with Gasteiger partial charge in [-0.2, -0.15) is 0 Å². The summed E-state index contributed by atoms with van der Waals surface area (Å²) < 4.78 is 21.1. The van der Waals surface area contributed by atoms with Gasteiger partial charge in [0, 0.05) is 27.4 Å². The van der Waals surface area contributed by atoms with E-state index < -0.39 is 14.2 Å². The van der Waals surface area contributed by atoms with Crippen LogP contribution in [-0.2, 0) is 27.6 Å². The molecule has 0 N–H and O–H groups in total. The van der Waals surface area contributed by atoms with Crippen LogP contribution < -0.4 is 0 Å². The quantitative estimate of drug-likeness (QED) is 0.406. The third-order valence-electron chi connectivity index (χ3n) is 4.96. The van der Waals surface area contributed by atoms with Gasteiger partial charge in [-0.25, -0.2) is 0 Å². The number of rotatable bonds is 7. The van der Waals surface area contributed by atoms with Gasteiger partial charge in [0.15, 0.2) is 0 Å². The van der Waals surface area contributed by atoms with Crippen molar-refractivity contribution in [2.45, 2.75) is 44.6 Å². The van der Waals surface area contributed by atoms with Crippen LogP contribution in [0, 0.1) is 11.3 Å². The normalized spacial score (nSPS) is 29.4. The van der Waals surface area contributed by atoms with Crippen molar-refractivity contribution in [1.82, 2.24) is 0 Å². The first-order chi connectivity index (χ1) is 10.0. The van der Waals surface area contributed by atoms with Gasteiger partial charge in [-0.3, -0.25) is 9.59 Å². The molecule has 0 amide bonds. The maximum Gasteiger partial charge on any atom is 0.500 e. The van der Waals surface area contributed by atoms with E-state index in [0.717, 1.165) is 32.1 Å². The maximum atomic E-state index is 12.2. The van der Waals surface area contributed by atoms with Crippen LogP contribution in [-0.4, -0.2) is 42.1 Å². The van der Waals surface area contributed by atoms with Crippen LogP contribution in [0.25, 0.3) is 0 Å². The molecule has 1 aliphatic carbocycles. The van der Waals surface area contributed by atoms with E-state index in [-0.39, 0.29) is 17.9 Å². The number of carbonyl (C=O) groups is 2. The van der Waals surface area contributed by atoms with Gasteiger partial charge in [0.25, 0.3) is 0 Å². The van der Waals surface area contributed by atoms with Gasteiger partial charge in [0.05, 0.1) is 11.3 Å². The van der Waals surface area contributed by atoms with E-state index in [0.29, 0.717) is 12.5 Å². The first-order valence-corrected chi connectivity index (χ1v) is 9.38. The predicted molar refractivity (Wildman–Crippen MR) is 76.3 cm³/mol. The number of cyclic esters (lactones) is 2. The van der Waals surface area contributed by atoms with Crippen molar-refractivity contribution in [3.63, 3.8) is 0 Å². The molecule has 1 saturated heterocycles. The second kappa shape index (κ2) is 6.56. The van der Waals surface area contributed by atoms with Gasteiger partial charge in [-0.1, -0.05) is 12.8 Å². The zero-order chi connectivity index (χ0) is 15.5. The number of hydrogen-bond donors (Lipinski definition) is 0. The van der Waals surface area contributed by atoms with Gasteiger partial charge >= 0.3 is 20.7 Å². The van der Waals surface area contributed by atoms with Crippen LogP contribution >= 0.6 is 0 Å². The van der Waals surface area contributed by atoms with Crippen LogP contribution in [0.15, 0.2) is 0 Å². The number of fused-ring (bicyclic) bond motifs is 1. The van der Waals surface area contributed by atoms with Crippen molar-refractivity contribution in [3.05, 3.63) is 0 Å². The molecular weight excluding hydrogens is 292 g/mol. The van der Waals surface area contributed by atoms with Gasteiger partial charge in [-0.15, -0.1) is 0 Å². The molecule has 0 aromatic rings. The molecule has 2 fully saturated rings. The largest absolute Gasteiger partial charge is 0.500 e. The topological polar surface area (TPSA) is 71.1 Å². The van der Waals surface area contributed by atoms with E-state index in [2.05, 4.69) is 0 Å². The Bertz CT molecular complexity index is 400. The van der Waals surface area contributed by atoms with E-state index in [9.17, 15) is 9.59 Å². The SMILES string of the molecule is CO[Si](CCCC12CCCCC1C(=O)OC2=O)(OC)OC. The molecule has 2 atom stereocenters. The molecule has 120 valence electrons. The highest BCUT2D eigenvalue weighted by Gasteiger charge is 2.57. The molecule has 1 aliphatic heterocycles. The summed E-state index contributed by atoms with van der Waals surface area (Å²) in [7, 11) is 2.11. The fraction of sp³-hybridized carbons (Fsp3) is 0.857. The summed E-state index contributed by atoms with van der Waals surface area (Å²) in [6, 6.07) is 0.631. The van der Waals surface area contributed by atoms with Crippen LogP contribution in [0.2, 0.25) is 6.04 Å². The van der Waals surface area contributed by atoms with Gasteiger partial charge in [-0.05, 0) is 25.7 Å². The molecule has 0 aromatic carbocycles. The van der Waals surface area contributed by atoms with Crippen LogP contribution in [0.3, 0.4) is 0 Å². The summed E-state index contributed by atoms with van der Waals surface area (Å²) in [5.41, 5.74) is -0.620. The highest BCUT2D eigenvalue weighted by Crippen LogP contribution is 2.50. The molecule has 0 radical (unpaired) electrons. The van der Waals surface area contributed by atoms with Crippen LogP contribution in [0.5, 0.6) is 0 Å². The number of carbonyl (C=O) groups excluding carboxylic acids is 2. The van der Waals surface area contributed by atoms with Crippen molar-refractivity contribution in [2.24, 2.45) is 11.3 Å². The molecule has 2 rings (SSSR count). The average Bonchev–Trinajstić information content (AvgIpc) is 2.76. The van der Waals surface area contributed by atoms with Crippen molar-refractivity contribution in [3.8, 4) is 0 Å². The number of esters is 2. The first-order valence-electron chi connectivity index (χ1n) is 7.45. The minimum absolute atomic E-state index is 0.262. The van der Waals surface area contributed by atoms with E-state index in [4.69, 9.17) is 18.0 Å². The minimum atomic E-state index is -2.63. The Kier molecular flexibility index (Phi) is 5.18. The standard InChI is InChI=1S/C14H24O6Si/c1-17-21(18-2,19-3)10-6-9-14-8-5-4-7-11(14)12(15)20-13(14)16/h11H,4-10H2,1-3H3. The van der Waals surface area contributed by atoms with Gasteiger partial charge < -0.3 is 18.0 Å². The van der Waals surface area contributed by atoms with Crippen LogP contribution in [0.4, 0.5) is 0 Å². The Hall–Kier alpha value is -0.763. The third-order valence-corrected chi connectivity index (χ3v) is 7.79. The summed E-state index contributed by atoms with van der Waals surface area (Å²) in [6.45, 7) is 0.